The fourth-order valence-corrected chi connectivity index (χ4v) is 1.01. The maximum atomic E-state index is 13.0. The van der Waals surface area contributed by atoms with Gasteiger partial charge >= 0.3 is 0 Å². The van der Waals surface area contributed by atoms with Crippen molar-refractivity contribution in [3.8, 4) is 0 Å². The van der Waals surface area contributed by atoms with E-state index in [4.69, 9.17) is 16.6 Å². The first kappa shape index (κ1) is 10.9. The third-order valence-electron chi connectivity index (χ3n) is 2.07. The molecule has 0 fully saturated rings. The number of nitrogen functional groups attached to an aromatic ring is 1. The SMILES string of the molecule is C[C@](N)(CO)c1cc(F)c(N)c(F)c1. The van der Waals surface area contributed by atoms with Crippen LogP contribution in [0.25, 0.3) is 0 Å². The van der Waals surface area contributed by atoms with Crippen LogP contribution in [0.3, 0.4) is 0 Å². The van der Waals surface area contributed by atoms with Crippen LogP contribution in [0.15, 0.2) is 12.1 Å². The van der Waals surface area contributed by atoms with E-state index in [1.165, 1.54) is 6.92 Å². The van der Waals surface area contributed by atoms with E-state index in [-0.39, 0.29) is 5.56 Å². The van der Waals surface area contributed by atoms with Crippen molar-refractivity contribution in [2.75, 3.05) is 12.3 Å². The molecule has 5 N–H and O–H groups in total. The molecule has 3 nitrogen and oxygen atoms in total. The average molecular weight is 202 g/mol. The molecule has 0 amide bonds. The predicted molar refractivity (Wildman–Crippen MR) is 49.4 cm³/mol. The van der Waals surface area contributed by atoms with Crippen molar-refractivity contribution in [1.29, 1.82) is 0 Å². The monoisotopic (exact) mass is 202 g/mol. The lowest BCUT2D eigenvalue weighted by Gasteiger charge is -2.22. The van der Waals surface area contributed by atoms with E-state index >= 15 is 0 Å². The molecule has 14 heavy (non-hydrogen) atoms. The summed E-state index contributed by atoms with van der Waals surface area (Å²) in [7, 11) is 0. The molecular weight excluding hydrogens is 190 g/mol. The van der Waals surface area contributed by atoms with Crippen molar-refractivity contribution in [2.45, 2.75) is 12.5 Å². The van der Waals surface area contributed by atoms with Gasteiger partial charge < -0.3 is 16.6 Å². The number of benzene rings is 1. The molecule has 0 spiro atoms. The Labute approximate surface area is 80.3 Å². The minimum Gasteiger partial charge on any atom is -0.394 e. The highest BCUT2D eigenvalue weighted by Crippen LogP contribution is 2.23. The number of nitrogens with two attached hydrogens (primary N) is 2. The van der Waals surface area contributed by atoms with E-state index in [0.717, 1.165) is 12.1 Å². The standard InChI is InChI=1S/C9H12F2N2O/c1-9(13,4-14)5-2-6(10)8(12)7(11)3-5/h2-3,14H,4,12-13H2,1H3/t9-/m0/s1. The molecule has 0 aliphatic heterocycles. The van der Waals surface area contributed by atoms with Gasteiger partial charge in [-0.15, -0.1) is 0 Å². The summed E-state index contributed by atoms with van der Waals surface area (Å²) in [5.74, 6) is -1.74. The Bertz CT molecular complexity index is 330. The Morgan fingerprint density at radius 1 is 1.36 bits per heavy atom. The largest absolute Gasteiger partial charge is 0.394 e. The number of anilines is 1. The first-order chi connectivity index (χ1) is 6.38. The third-order valence-corrected chi connectivity index (χ3v) is 2.07. The number of aliphatic hydroxyl groups excluding tert-OH is 1. The van der Waals surface area contributed by atoms with E-state index < -0.39 is 29.5 Å². The molecule has 0 saturated carbocycles. The average Bonchev–Trinajstić information content (AvgIpc) is 2.13. The van der Waals surface area contributed by atoms with Crippen molar-refractivity contribution in [3.63, 3.8) is 0 Å². The zero-order chi connectivity index (χ0) is 10.9. The van der Waals surface area contributed by atoms with Gasteiger partial charge in [-0.25, -0.2) is 8.78 Å². The van der Waals surface area contributed by atoms with Crippen LogP contribution in [0.1, 0.15) is 12.5 Å². The van der Waals surface area contributed by atoms with Crippen molar-refractivity contribution >= 4 is 5.69 Å². The van der Waals surface area contributed by atoms with Gasteiger partial charge in [0.25, 0.3) is 0 Å². The summed E-state index contributed by atoms with van der Waals surface area (Å²) in [5, 5.41) is 8.90. The van der Waals surface area contributed by atoms with Crippen LogP contribution in [-0.2, 0) is 5.54 Å². The van der Waals surface area contributed by atoms with Crippen molar-refractivity contribution in [2.24, 2.45) is 5.73 Å². The van der Waals surface area contributed by atoms with Crippen LogP contribution >= 0.6 is 0 Å². The molecule has 0 aliphatic carbocycles. The van der Waals surface area contributed by atoms with Crippen LogP contribution < -0.4 is 11.5 Å². The van der Waals surface area contributed by atoms with E-state index in [1.54, 1.807) is 0 Å². The number of rotatable bonds is 2. The summed E-state index contributed by atoms with van der Waals surface area (Å²) in [6.07, 6.45) is 0. The second kappa shape index (κ2) is 3.51. The summed E-state index contributed by atoms with van der Waals surface area (Å²) in [6, 6.07) is 2.04. The first-order valence-electron chi connectivity index (χ1n) is 4.03. The van der Waals surface area contributed by atoms with E-state index in [0.29, 0.717) is 0 Å². The highest BCUT2D eigenvalue weighted by molar-refractivity contribution is 5.44. The second-order valence-electron chi connectivity index (χ2n) is 3.43. The zero-order valence-corrected chi connectivity index (χ0v) is 7.72. The minimum atomic E-state index is -1.17. The smallest absolute Gasteiger partial charge is 0.149 e. The Morgan fingerprint density at radius 3 is 2.14 bits per heavy atom. The van der Waals surface area contributed by atoms with Gasteiger partial charge in [0.05, 0.1) is 12.1 Å². The third kappa shape index (κ3) is 1.83. The number of halogens is 2. The van der Waals surface area contributed by atoms with Gasteiger partial charge in [-0.1, -0.05) is 0 Å². The van der Waals surface area contributed by atoms with E-state index in [9.17, 15) is 8.78 Å². The molecule has 0 radical (unpaired) electrons. The lowest BCUT2D eigenvalue weighted by Crippen LogP contribution is -2.37. The topological polar surface area (TPSA) is 72.3 Å². The Morgan fingerprint density at radius 2 is 1.79 bits per heavy atom. The lowest BCUT2D eigenvalue weighted by atomic mass is 9.94. The molecule has 0 aromatic heterocycles. The van der Waals surface area contributed by atoms with Gasteiger partial charge in [0.1, 0.15) is 17.3 Å². The predicted octanol–water partition coefficient (Wildman–Crippen LogP) is 0.713. The zero-order valence-electron chi connectivity index (χ0n) is 7.72. The molecule has 1 rings (SSSR count). The van der Waals surface area contributed by atoms with Gasteiger partial charge in [0.2, 0.25) is 0 Å². The van der Waals surface area contributed by atoms with Crippen LogP contribution in [0.4, 0.5) is 14.5 Å². The molecular formula is C9H12F2N2O. The van der Waals surface area contributed by atoms with Crippen LogP contribution in [-0.4, -0.2) is 11.7 Å². The Balaban J connectivity index is 3.26. The first-order valence-corrected chi connectivity index (χ1v) is 4.03. The summed E-state index contributed by atoms with van der Waals surface area (Å²) in [4.78, 5) is 0. The highest BCUT2D eigenvalue weighted by Gasteiger charge is 2.22. The summed E-state index contributed by atoms with van der Waals surface area (Å²) in [5.41, 5.74) is 9.14. The minimum absolute atomic E-state index is 0.171. The molecule has 1 aromatic rings. The lowest BCUT2D eigenvalue weighted by molar-refractivity contribution is 0.209. The molecule has 0 bridgehead atoms. The van der Waals surface area contributed by atoms with Gasteiger partial charge in [-0.3, -0.25) is 0 Å². The molecule has 0 unspecified atom stereocenters. The number of aliphatic hydroxyl groups is 1. The summed E-state index contributed by atoms with van der Waals surface area (Å²) in [6.45, 7) is 1.06. The maximum absolute atomic E-state index is 13.0. The van der Waals surface area contributed by atoms with Crippen molar-refractivity contribution in [3.05, 3.63) is 29.3 Å². The number of hydrogen-bond donors (Lipinski definition) is 3. The van der Waals surface area contributed by atoms with Crippen LogP contribution in [0.5, 0.6) is 0 Å². The van der Waals surface area contributed by atoms with Gasteiger partial charge in [-0.05, 0) is 24.6 Å². The van der Waals surface area contributed by atoms with Gasteiger partial charge in [-0.2, -0.15) is 0 Å². The van der Waals surface area contributed by atoms with Crippen LogP contribution in [0, 0.1) is 11.6 Å². The van der Waals surface area contributed by atoms with Crippen molar-refractivity contribution < 1.29 is 13.9 Å². The molecule has 1 atom stereocenters. The second-order valence-corrected chi connectivity index (χ2v) is 3.43. The quantitative estimate of drug-likeness (QED) is 0.618. The van der Waals surface area contributed by atoms with Gasteiger partial charge in [0, 0.05) is 0 Å². The van der Waals surface area contributed by atoms with Crippen molar-refractivity contribution in [1.82, 2.24) is 0 Å². The van der Waals surface area contributed by atoms with E-state index in [2.05, 4.69) is 0 Å². The van der Waals surface area contributed by atoms with Gasteiger partial charge in [0.15, 0.2) is 0 Å². The highest BCUT2D eigenvalue weighted by atomic mass is 19.1. The van der Waals surface area contributed by atoms with E-state index in [1.807, 2.05) is 0 Å². The summed E-state index contributed by atoms with van der Waals surface area (Å²) >= 11 is 0. The Kier molecular flexibility index (Phi) is 2.73. The molecule has 78 valence electrons. The maximum Gasteiger partial charge on any atom is 0.149 e. The molecule has 1 aromatic carbocycles. The van der Waals surface area contributed by atoms with Crippen LogP contribution in [0.2, 0.25) is 0 Å². The Hall–Kier alpha value is -1.20. The molecule has 0 heterocycles. The fraction of sp³-hybridized carbons (Fsp3) is 0.333. The fourth-order valence-electron chi connectivity index (χ4n) is 1.01. The molecule has 0 saturated heterocycles. The molecule has 5 heteroatoms. The normalized spacial score (nSPS) is 15.2. The molecule has 0 aliphatic rings. The number of hydrogen-bond acceptors (Lipinski definition) is 3. The summed E-state index contributed by atoms with van der Waals surface area (Å²) < 4.78 is 26.0.